The van der Waals surface area contributed by atoms with E-state index in [4.69, 9.17) is 15.9 Å². The number of piperidine rings is 1. The summed E-state index contributed by atoms with van der Waals surface area (Å²) in [6, 6.07) is 5.41. The minimum atomic E-state index is -0.789. The number of aromatic nitrogens is 3. The van der Waals surface area contributed by atoms with E-state index in [0.29, 0.717) is 48.4 Å². The quantitative estimate of drug-likeness (QED) is 0.350. The summed E-state index contributed by atoms with van der Waals surface area (Å²) in [6.45, 7) is 3.51. The van der Waals surface area contributed by atoms with E-state index in [1.165, 1.54) is 24.3 Å². The summed E-state index contributed by atoms with van der Waals surface area (Å²) in [7, 11) is 0. The van der Waals surface area contributed by atoms with Gasteiger partial charge in [-0.3, -0.25) is 0 Å². The van der Waals surface area contributed by atoms with Crippen molar-refractivity contribution in [2.75, 3.05) is 31.2 Å². The molecule has 2 fully saturated rings. The van der Waals surface area contributed by atoms with Crippen molar-refractivity contribution in [2.45, 2.75) is 44.8 Å². The van der Waals surface area contributed by atoms with Crippen molar-refractivity contribution in [1.29, 1.82) is 0 Å². The van der Waals surface area contributed by atoms with Crippen molar-refractivity contribution < 1.29 is 28.5 Å². The second kappa shape index (κ2) is 10.5. The Hall–Kier alpha value is -4.07. The average Bonchev–Trinajstić information content (AvgIpc) is 3.47. The highest BCUT2D eigenvalue weighted by atomic mass is 19.1. The van der Waals surface area contributed by atoms with Gasteiger partial charge in [0.25, 0.3) is 0 Å². The maximum Gasteiger partial charge on any atom is 0.319 e. The van der Waals surface area contributed by atoms with Crippen molar-refractivity contribution in [1.82, 2.24) is 15.0 Å². The molecular weight excluding hydrogens is 518 g/mol. The zero-order valence-electron chi connectivity index (χ0n) is 22.0. The topological polar surface area (TPSA) is 101 Å². The molecule has 0 radical (unpaired) electrons. The number of benzene rings is 2. The number of ether oxygens (including phenoxy) is 2. The zero-order valence-corrected chi connectivity index (χ0v) is 22.0. The summed E-state index contributed by atoms with van der Waals surface area (Å²) >= 11 is 0. The number of halogens is 2. The molecule has 2 N–H and O–H groups in total. The average molecular weight is 547 g/mol. The number of β-amino-alcohol motifs (C(OH)–C–C–N with tert-alkyl or cyclic N) is 1. The Balaban J connectivity index is 1.58. The number of aliphatic hydroxyl groups excluding tert-OH is 1. The second-order valence-corrected chi connectivity index (χ2v) is 10.3. The predicted octanol–water partition coefficient (Wildman–Crippen LogP) is 4.64. The Labute approximate surface area is 229 Å². The lowest BCUT2D eigenvalue weighted by Crippen LogP contribution is -2.39. The van der Waals surface area contributed by atoms with Crippen LogP contribution < -0.4 is 9.64 Å². The minimum absolute atomic E-state index is 0.0235. The number of phenols is 1. The van der Waals surface area contributed by atoms with Gasteiger partial charge in [-0.15, -0.1) is 6.42 Å². The minimum Gasteiger partial charge on any atom is -0.508 e. The van der Waals surface area contributed by atoms with Crippen LogP contribution in [0.25, 0.3) is 32.9 Å². The highest BCUT2D eigenvalue weighted by Crippen LogP contribution is 2.40. The number of aromatic hydroxyl groups is 1. The van der Waals surface area contributed by atoms with E-state index in [-0.39, 0.29) is 52.2 Å². The van der Waals surface area contributed by atoms with Crippen LogP contribution in [-0.2, 0) is 4.74 Å². The fourth-order valence-corrected chi connectivity index (χ4v) is 5.62. The van der Waals surface area contributed by atoms with Crippen molar-refractivity contribution in [2.24, 2.45) is 0 Å². The van der Waals surface area contributed by atoms with Gasteiger partial charge in [-0.05, 0) is 56.2 Å². The standard InChI is InChI=1S/C30H28F2N4O4/c1-3-21-23(31)9-8-17-12-19(38)13-22(25(17)21)27-26(32)28-24(16(2)33-27)29(36-10-4-6-18(37)14-36)35-30(34-28)40-15-20-7-5-11-39-20/h1,8-9,12-13,18,20,37-38H,4-7,10-11,14-15H2,2H3/t18-,20-/m1/s1. The van der Waals surface area contributed by atoms with Crippen LogP contribution in [0.3, 0.4) is 0 Å². The Kier molecular flexibility index (Phi) is 6.86. The van der Waals surface area contributed by atoms with Crippen LogP contribution in [0.4, 0.5) is 14.6 Å². The fourth-order valence-electron chi connectivity index (χ4n) is 5.62. The van der Waals surface area contributed by atoms with Gasteiger partial charge in [0.1, 0.15) is 35.2 Å². The Bertz CT molecular complexity index is 1670. The normalized spacial score (nSPS) is 19.3. The fraction of sp³-hybridized carbons (Fsp3) is 0.367. The molecule has 0 saturated carbocycles. The third-order valence-corrected chi connectivity index (χ3v) is 7.50. The smallest absolute Gasteiger partial charge is 0.319 e. The number of hydrogen-bond donors (Lipinski definition) is 2. The number of hydrogen-bond acceptors (Lipinski definition) is 8. The Morgan fingerprint density at radius 1 is 1.15 bits per heavy atom. The van der Waals surface area contributed by atoms with E-state index < -0.39 is 17.7 Å². The maximum absolute atomic E-state index is 16.5. The lowest BCUT2D eigenvalue weighted by atomic mass is 9.95. The number of fused-ring (bicyclic) bond motifs is 2. The van der Waals surface area contributed by atoms with Crippen LogP contribution in [-0.4, -0.2) is 63.7 Å². The summed E-state index contributed by atoms with van der Waals surface area (Å²) in [6.07, 6.45) is 8.17. The Morgan fingerprint density at radius 3 is 2.75 bits per heavy atom. The predicted molar refractivity (Wildman–Crippen MR) is 146 cm³/mol. The molecule has 2 aromatic heterocycles. The number of pyridine rings is 1. The molecule has 10 heteroatoms. The lowest BCUT2D eigenvalue weighted by molar-refractivity contribution is 0.0646. The van der Waals surface area contributed by atoms with E-state index >= 15 is 4.39 Å². The number of aryl methyl sites for hydroxylation is 1. The summed E-state index contributed by atoms with van der Waals surface area (Å²) in [4.78, 5) is 15.5. The van der Waals surface area contributed by atoms with E-state index in [2.05, 4.69) is 20.9 Å². The maximum atomic E-state index is 16.5. The van der Waals surface area contributed by atoms with Crippen LogP contribution >= 0.6 is 0 Å². The highest BCUT2D eigenvalue weighted by molar-refractivity contribution is 6.03. The van der Waals surface area contributed by atoms with Gasteiger partial charge < -0.3 is 24.6 Å². The molecule has 4 heterocycles. The van der Waals surface area contributed by atoms with Gasteiger partial charge in [-0.25, -0.2) is 13.8 Å². The molecule has 6 rings (SSSR count). The molecule has 206 valence electrons. The zero-order chi connectivity index (χ0) is 28.0. The first kappa shape index (κ1) is 26.2. The van der Waals surface area contributed by atoms with E-state index in [1.807, 2.05) is 4.90 Å². The number of nitrogens with zero attached hydrogens (tertiary/aromatic N) is 4. The van der Waals surface area contributed by atoms with Gasteiger partial charge in [-0.1, -0.05) is 12.0 Å². The third-order valence-electron chi connectivity index (χ3n) is 7.50. The van der Waals surface area contributed by atoms with Gasteiger partial charge in [0.05, 0.1) is 28.9 Å². The molecule has 2 saturated heterocycles. The largest absolute Gasteiger partial charge is 0.508 e. The first-order chi connectivity index (χ1) is 19.3. The molecule has 2 aliphatic rings. The van der Waals surface area contributed by atoms with Crippen LogP contribution in [0.15, 0.2) is 24.3 Å². The van der Waals surface area contributed by atoms with Gasteiger partial charge >= 0.3 is 6.01 Å². The van der Waals surface area contributed by atoms with Crippen LogP contribution in [0.5, 0.6) is 11.8 Å². The van der Waals surface area contributed by atoms with Crippen molar-refractivity contribution in [3.05, 3.63) is 47.2 Å². The molecule has 8 nitrogen and oxygen atoms in total. The van der Waals surface area contributed by atoms with Crippen molar-refractivity contribution >= 4 is 27.5 Å². The first-order valence-electron chi connectivity index (χ1n) is 13.3. The SMILES string of the molecule is C#Cc1c(F)ccc2cc(O)cc(-c3nc(C)c4c(N5CCC[C@@H](O)C5)nc(OC[C@H]5CCCO5)nc4c3F)c12. The molecule has 2 aliphatic heterocycles. The van der Waals surface area contributed by atoms with Gasteiger partial charge in [0.15, 0.2) is 5.82 Å². The van der Waals surface area contributed by atoms with Gasteiger partial charge in [0, 0.05) is 30.6 Å². The van der Waals surface area contributed by atoms with Crippen molar-refractivity contribution in [3.63, 3.8) is 0 Å². The molecule has 40 heavy (non-hydrogen) atoms. The van der Waals surface area contributed by atoms with E-state index in [1.54, 1.807) is 6.92 Å². The lowest BCUT2D eigenvalue weighted by Gasteiger charge is -2.32. The van der Waals surface area contributed by atoms with Crippen LogP contribution in [0.1, 0.15) is 36.9 Å². The molecule has 4 aromatic rings. The van der Waals surface area contributed by atoms with Crippen LogP contribution in [0, 0.1) is 30.9 Å². The molecule has 0 aliphatic carbocycles. The highest BCUT2D eigenvalue weighted by Gasteiger charge is 2.28. The summed E-state index contributed by atoms with van der Waals surface area (Å²) in [5.74, 6) is 1.19. The molecule has 0 unspecified atom stereocenters. The van der Waals surface area contributed by atoms with E-state index in [9.17, 15) is 14.6 Å². The van der Waals surface area contributed by atoms with Gasteiger partial charge in [-0.2, -0.15) is 9.97 Å². The molecule has 0 bridgehead atoms. The van der Waals surface area contributed by atoms with E-state index in [0.717, 1.165) is 19.3 Å². The third kappa shape index (κ3) is 4.65. The van der Waals surface area contributed by atoms with Crippen LogP contribution in [0.2, 0.25) is 0 Å². The number of aliphatic hydroxyl groups is 1. The number of rotatable bonds is 5. The molecule has 2 atom stereocenters. The monoisotopic (exact) mass is 546 g/mol. The van der Waals surface area contributed by atoms with Crippen molar-refractivity contribution in [3.8, 4) is 35.4 Å². The summed E-state index contributed by atoms with van der Waals surface area (Å²) < 4.78 is 42.8. The number of phenolic OH excluding ortho intramolecular Hbond substituents is 1. The molecule has 0 amide bonds. The summed E-state index contributed by atoms with van der Waals surface area (Å²) in [5.41, 5.74) is 0.326. The van der Waals surface area contributed by atoms with Gasteiger partial charge in [0.2, 0.25) is 0 Å². The number of anilines is 1. The molecule has 0 spiro atoms. The summed E-state index contributed by atoms with van der Waals surface area (Å²) in [5, 5.41) is 21.9. The molecular formula is C30H28F2N4O4. The first-order valence-corrected chi connectivity index (χ1v) is 13.3. The molecule has 2 aromatic carbocycles. The number of terminal acetylenes is 1. The Morgan fingerprint density at radius 2 is 2.00 bits per heavy atom. The second-order valence-electron chi connectivity index (χ2n) is 10.3.